The molecule has 0 bridgehead atoms. The molecule has 0 spiro atoms. The molecule has 0 saturated carbocycles. The molecule has 120 valence electrons. The molecule has 0 saturated heterocycles. The summed E-state index contributed by atoms with van der Waals surface area (Å²) in [4.78, 5) is 11.9. The number of carbonyl (C=O) groups excluding carboxylic acids is 1. The number of hydrogen-bond donors (Lipinski definition) is 0. The van der Waals surface area contributed by atoms with E-state index >= 15 is 0 Å². The molecular formula is C20H15ClO3. The maximum absolute atomic E-state index is 11.9. The third-order valence-electron chi connectivity index (χ3n) is 3.36. The average Bonchev–Trinajstić information content (AvgIpc) is 2.63. The molecule has 3 nitrogen and oxygen atoms in total. The Morgan fingerprint density at radius 3 is 2.25 bits per heavy atom. The van der Waals surface area contributed by atoms with Crippen molar-refractivity contribution in [1.82, 2.24) is 0 Å². The van der Waals surface area contributed by atoms with E-state index in [-0.39, 0.29) is 6.61 Å². The van der Waals surface area contributed by atoms with Crippen molar-refractivity contribution in [3.05, 3.63) is 83.9 Å². The van der Waals surface area contributed by atoms with Gasteiger partial charge in [-0.25, -0.2) is 4.79 Å². The van der Waals surface area contributed by atoms with E-state index < -0.39 is 5.97 Å². The number of ether oxygens (including phenoxy) is 2. The number of halogens is 1. The van der Waals surface area contributed by atoms with Crippen molar-refractivity contribution in [1.29, 1.82) is 0 Å². The summed E-state index contributed by atoms with van der Waals surface area (Å²) in [5.41, 5.74) is 1.96. The fourth-order valence-electron chi connectivity index (χ4n) is 2.25. The van der Waals surface area contributed by atoms with Gasteiger partial charge in [-0.05, 0) is 35.9 Å². The molecule has 0 aromatic heterocycles. The van der Waals surface area contributed by atoms with Crippen LogP contribution in [-0.2, 0) is 4.79 Å². The standard InChI is InChI=1S/C20H15ClO3/c21-16-10-12-17(13-11-16)24-20(22)14-23-19-9-5-4-8-18(19)15-6-2-1-3-7-15/h1-13H,14H2. The molecule has 0 N–H and O–H groups in total. The van der Waals surface area contributed by atoms with Gasteiger partial charge in [-0.15, -0.1) is 0 Å². The highest BCUT2D eigenvalue weighted by atomic mass is 35.5. The molecule has 24 heavy (non-hydrogen) atoms. The first-order valence-electron chi connectivity index (χ1n) is 7.46. The second kappa shape index (κ2) is 7.66. The molecule has 0 fully saturated rings. The van der Waals surface area contributed by atoms with E-state index in [4.69, 9.17) is 21.1 Å². The minimum absolute atomic E-state index is 0.174. The SMILES string of the molecule is O=C(COc1ccccc1-c1ccccc1)Oc1ccc(Cl)cc1. The van der Waals surface area contributed by atoms with Crippen LogP contribution in [0.15, 0.2) is 78.9 Å². The van der Waals surface area contributed by atoms with Gasteiger partial charge >= 0.3 is 5.97 Å². The van der Waals surface area contributed by atoms with Crippen LogP contribution >= 0.6 is 11.6 Å². The minimum Gasteiger partial charge on any atom is -0.481 e. The maximum Gasteiger partial charge on any atom is 0.349 e. The van der Waals surface area contributed by atoms with Crippen LogP contribution in [0.25, 0.3) is 11.1 Å². The molecule has 0 aliphatic carbocycles. The number of carbonyl (C=O) groups is 1. The lowest BCUT2D eigenvalue weighted by molar-refractivity contribution is -0.136. The fraction of sp³-hybridized carbons (Fsp3) is 0.0500. The van der Waals surface area contributed by atoms with Crippen molar-refractivity contribution in [2.24, 2.45) is 0 Å². The lowest BCUT2D eigenvalue weighted by Crippen LogP contribution is -2.17. The average molecular weight is 339 g/mol. The largest absolute Gasteiger partial charge is 0.481 e. The Bertz CT molecular complexity index is 814. The summed E-state index contributed by atoms with van der Waals surface area (Å²) in [5, 5.41) is 0.586. The Morgan fingerprint density at radius 1 is 0.833 bits per heavy atom. The lowest BCUT2D eigenvalue weighted by atomic mass is 10.1. The molecule has 0 unspecified atom stereocenters. The number of benzene rings is 3. The zero-order chi connectivity index (χ0) is 16.8. The van der Waals surface area contributed by atoms with Crippen LogP contribution < -0.4 is 9.47 Å². The molecule has 0 amide bonds. The summed E-state index contributed by atoms with van der Waals surface area (Å²) in [6.45, 7) is -0.174. The van der Waals surface area contributed by atoms with Crippen LogP contribution in [0.2, 0.25) is 5.02 Å². The van der Waals surface area contributed by atoms with E-state index in [1.807, 2.05) is 54.6 Å². The van der Waals surface area contributed by atoms with Gasteiger partial charge in [0.15, 0.2) is 6.61 Å². The van der Waals surface area contributed by atoms with E-state index in [0.717, 1.165) is 11.1 Å². The van der Waals surface area contributed by atoms with Crippen molar-refractivity contribution < 1.29 is 14.3 Å². The van der Waals surface area contributed by atoms with E-state index in [9.17, 15) is 4.79 Å². The van der Waals surface area contributed by atoms with Crippen molar-refractivity contribution >= 4 is 17.6 Å². The van der Waals surface area contributed by atoms with Gasteiger partial charge in [-0.2, -0.15) is 0 Å². The van der Waals surface area contributed by atoms with Gasteiger partial charge in [0.25, 0.3) is 0 Å². The highest BCUT2D eigenvalue weighted by Crippen LogP contribution is 2.29. The van der Waals surface area contributed by atoms with Gasteiger partial charge in [0.05, 0.1) is 0 Å². The third kappa shape index (κ3) is 4.15. The van der Waals surface area contributed by atoms with Crippen molar-refractivity contribution in [2.75, 3.05) is 6.61 Å². The normalized spacial score (nSPS) is 10.2. The molecule has 0 heterocycles. The Hall–Kier alpha value is -2.78. The molecule has 0 atom stereocenters. The number of para-hydroxylation sites is 1. The van der Waals surface area contributed by atoms with Crippen molar-refractivity contribution in [2.45, 2.75) is 0 Å². The van der Waals surface area contributed by atoms with Crippen LogP contribution in [0.5, 0.6) is 11.5 Å². The molecule has 0 radical (unpaired) electrons. The molecule has 0 aliphatic rings. The van der Waals surface area contributed by atoms with Gasteiger partial charge in [0.2, 0.25) is 0 Å². The number of esters is 1. The Kier molecular flexibility index (Phi) is 5.14. The fourth-order valence-corrected chi connectivity index (χ4v) is 2.37. The first-order valence-corrected chi connectivity index (χ1v) is 7.84. The van der Waals surface area contributed by atoms with Crippen LogP contribution in [0.4, 0.5) is 0 Å². The summed E-state index contributed by atoms with van der Waals surface area (Å²) in [5.74, 6) is 0.598. The summed E-state index contributed by atoms with van der Waals surface area (Å²) in [6, 6.07) is 24.0. The second-order valence-electron chi connectivity index (χ2n) is 5.08. The van der Waals surface area contributed by atoms with Gasteiger partial charge in [0, 0.05) is 10.6 Å². The highest BCUT2D eigenvalue weighted by molar-refractivity contribution is 6.30. The zero-order valence-corrected chi connectivity index (χ0v) is 13.6. The first-order chi connectivity index (χ1) is 11.7. The van der Waals surface area contributed by atoms with Crippen molar-refractivity contribution in [3.8, 4) is 22.6 Å². The van der Waals surface area contributed by atoms with E-state index in [1.54, 1.807) is 24.3 Å². The van der Waals surface area contributed by atoms with Gasteiger partial charge in [-0.3, -0.25) is 0 Å². The van der Waals surface area contributed by atoms with E-state index in [2.05, 4.69) is 0 Å². The molecule has 3 aromatic carbocycles. The summed E-state index contributed by atoms with van der Waals surface area (Å²) >= 11 is 5.80. The number of hydrogen-bond acceptors (Lipinski definition) is 3. The molecular weight excluding hydrogens is 324 g/mol. The Labute approximate surface area is 145 Å². The molecule has 3 rings (SSSR count). The second-order valence-corrected chi connectivity index (χ2v) is 5.52. The van der Waals surface area contributed by atoms with Gasteiger partial charge in [-0.1, -0.05) is 60.1 Å². The molecule has 4 heteroatoms. The Morgan fingerprint density at radius 2 is 1.50 bits per heavy atom. The summed E-state index contributed by atoms with van der Waals surface area (Å²) in [7, 11) is 0. The molecule has 0 aliphatic heterocycles. The van der Waals surface area contributed by atoms with Gasteiger partial charge < -0.3 is 9.47 Å². The van der Waals surface area contributed by atoms with E-state index in [0.29, 0.717) is 16.5 Å². The lowest BCUT2D eigenvalue weighted by Gasteiger charge is -2.11. The third-order valence-corrected chi connectivity index (χ3v) is 3.61. The summed E-state index contributed by atoms with van der Waals surface area (Å²) < 4.78 is 10.9. The number of rotatable bonds is 5. The first kappa shape index (κ1) is 16.1. The highest BCUT2D eigenvalue weighted by Gasteiger charge is 2.10. The monoisotopic (exact) mass is 338 g/mol. The minimum atomic E-state index is -0.472. The topological polar surface area (TPSA) is 35.5 Å². The van der Waals surface area contributed by atoms with Crippen LogP contribution in [0.3, 0.4) is 0 Å². The Balaban J connectivity index is 1.66. The quantitative estimate of drug-likeness (QED) is 0.485. The molecule has 3 aromatic rings. The van der Waals surface area contributed by atoms with E-state index in [1.165, 1.54) is 0 Å². The van der Waals surface area contributed by atoms with Crippen molar-refractivity contribution in [3.63, 3.8) is 0 Å². The van der Waals surface area contributed by atoms with Gasteiger partial charge in [0.1, 0.15) is 11.5 Å². The van der Waals surface area contributed by atoms with Crippen LogP contribution in [-0.4, -0.2) is 12.6 Å². The maximum atomic E-state index is 11.9. The zero-order valence-electron chi connectivity index (χ0n) is 12.8. The van der Waals surface area contributed by atoms with Crippen LogP contribution in [0.1, 0.15) is 0 Å². The predicted octanol–water partition coefficient (Wildman–Crippen LogP) is 4.99. The summed E-state index contributed by atoms with van der Waals surface area (Å²) in [6.07, 6.45) is 0. The predicted molar refractivity (Wildman–Crippen MR) is 94.5 cm³/mol. The smallest absolute Gasteiger partial charge is 0.349 e. The van der Waals surface area contributed by atoms with Crippen LogP contribution in [0, 0.1) is 0 Å².